The van der Waals surface area contributed by atoms with Gasteiger partial charge in [-0.25, -0.2) is 9.59 Å². The quantitative estimate of drug-likeness (QED) is 0.493. The first-order chi connectivity index (χ1) is 16.0. The molecule has 2 aromatic rings. The lowest BCUT2D eigenvalue weighted by Crippen LogP contribution is -2.47. The van der Waals surface area contributed by atoms with Crippen molar-refractivity contribution in [3.05, 3.63) is 59.7 Å². The van der Waals surface area contributed by atoms with Gasteiger partial charge < -0.3 is 34.0 Å². The Labute approximate surface area is 190 Å². The molecule has 1 aliphatic heterocycles. The van der Waals surface area contributed by atoms with Gasteiger partial charge in [0, 0.05) is 0 Å². The maximum Gasteiger partial charge on any atom is 0.338 e. The lowest BCUT2D eigenvalue weighted by molar-refractivity contribution is -0.144. The second kappa shape index (κ2) is 11.6. The number of benzene rings is 1. The topological polar surface area (TPSA) is 125 Å². The summed E-state index contributed by atoms with van der Waals surface area (Å²) in [6, 6.07) is 8.86. The Morgan fingerprint density at radius 1 is 1.00 bits per heavy atom. The zero-order valence-corrected chi connectivity index (χ0v) is 18.4. The fourth-order valence-corrected chi connectivity index (χ4v) is 3.13. The summed E-state index contributed by atoms with van der Waals surface area (Å²) in [6.45, 7) is 4.05. The molecule has 1 aliphatic rings. The first-order valence-corrected chi connectivity index (χ1v) is 10.5. The molecule has 2 N–H and O–H groups in total. The number of hydrogen-bond donors (Lipinski definition) is 2. The Balaban J connectivity index is 1.60. The van der Waals surface area contributed by atoms with Crippen molar-refractivity contribution in [2.45, 2.75) is 26.3 Å². The van der Waals surface area contributed by atoms with Crippen LogP contribution in [0.3, 0.4) is 0 Å². The van der Waals surface area contributed by atoms with Crippen LogP contribution in [-0.4, -0.2) is 44.4 Å². The maximum absolute atomic E-state index is 12.6. The van der Waals surface area contributed by atoms with E-state index in [1.807, 2.05) is 6.92 Å². The van der Waals surface area contributed by atoms with Crippen LogP contribution in [0.25, 0.3) is 0 Å². The summed E-state index contributed by atoms with van der Waals surface area (Å²) in [5.74, 6) is 0.452. The van der Waals surface area contributed by atoms with E-state index < -0.39 is 24.0 Å². The molecule has 1 aromatic heterocycles. The van der Waals surface area contributed by atoms with Crippen LogP contribution in [0.2, 0.25) is 0 Å². The maximum atomic E-state index is 12.6. The first-order valence-electron chi connectivity index (χ1n) is 10.5. The molecule has 1 unspecified atom stereocenters. The summed E-state index contributed by atoms with van der Waals surface area (Å²) in [4.78, 5) is 36.9. The predicted octanol–water partition coefficient (Wildman–Crippen LogP) is 2.86. The average Bonchev–Trinajstić information content (AvgIpc) is 3.34. The summed E-state index contributed by atoms with van der Waals surface area (Å²) in [5, 5.41) is 5.14. The van der Waals surface area contributed by atoms with E-state index in [0.717, 1.165) is 5.75 Å². The Morgan fingerprint density at radius 3 is 2.36 bits per heavy atom. The van der Waals surface area contributed by atoms with Gasteiger partial charge >= 0.3 is 18.0 Å². The van der Waals surface area contributed by atoms with Crippen molar-refractivity contribution >= 4 is 18.0 Å². The normalized spacial score (nSPS) is 15.3. The van der Waals surface area contributed by atoms with E-state index in [1.54, 1.807) is 43.3 Å². The zero-order valence-electron chi connectivity index (χ0n) is 18.4. The van der Waals surface area contributed by atoms with Crippen molar-refractivity contribution in [2.24, 2.45) is 0 Å². The van der Waals surface area contributed by atoms with Crippen LogP contribution in [0.15, 0.2) is 58.3 Å². The average molecular weight is 458 g/mol. The molecule has 0 saturated heterocycles. The van der Waals surface area contributed by atoms with E-state index in [0.29, 0.717) is 18.1 Å². The zero-order chi connectivity index (χ0) is 23.6. The smallest absolute Gasteiger partial charge is 0.338 e. The van der Waals surface area contributed by atoms with Gasteiger partial charge in [-0.15, -0.1) is 0 Å². The van der Waals surface area contributed by atoms with Gasteiger partial charge in [0.2, 0.25) is 0 Å². The molecule has 0 spiro atoms. The molecule has 3 rings (SSSR count). The number of carbonyl (C=O) groups is 3. The molecule has 2 heterocycles. The number of ether oxygens (including phenoxy) is 4. The molecule has 0 aliphatic carbocycles. The van der Waals surface area contributed by atoms with Crippen molar-refractivity contribution in [3.8, 4) is 11.5 Å². The van der Waals surface area contributed by atoms with E-state index in [9.17, 15) is 14.4 Å². The van der Waals surface area contributed by atoms with Crippen LogP contribution < -0.4 is 20.1 Å². The lowest BCUT2D eigenvalue weighted by atomic mass is 10.0. The minimum Gasteiger partial charge on any atom is -0.494 e. The molecule has 0 bridgehead atoms. The van der Waals surface area contributed by atoms with Gasteiger partial charge in [0.1, 0.15) is 29.9 Å². The minimum atomic E-state index is -0.871. The van der Waals surface area contributed by atoms with E-state index in [4.69, 9.17) is 23.4 Å². The monoisotopic (exact) mass is 458 g/mol. The highest BCUT2D eigenvalue weighted by atomic mass is 16.5. The van der Waals surface area contributed by atoms with Crippen molar-refractivity contribution in [1.82, 2.24) is 10.6 Å². The van der Waals surface area contributed by atoms with Crippen LogP contribution >= 0.6 is 0 Å². The molecule has 0 saturated carbocycles. The van der Waals surface area contributed by atoms with Gasteiger partial charge in [-0.2, -0.15) is 0 Å². The van der Waals surface area contributed by atoms with Crippen LogP contribution in [0, 0.1) is 0 Å². The van der Waals surface area contributed by atoms with Gasteiger partial charge in [-0.05, 0) is 50.2 Å². The molecule has 0 radical (unpaired) electrons. The molecule has 10 heteroatoms. The van der Waals surface area contributed by atoms with Crippen LogP contribution in [-0.2, 0) is 19.1 Å². The number of amides is 2. The highest BCUT2D eigenvalue weighted by Gasteiger charge is 2.35. The third-order valence-electron chi connectivity index (χ3n) is 4.56. The number of urea groups is 1. The van der Waals surface area contributed by atoms with E-state index in [1.165, 1.54) is 6.26 Å². The fraction of sp³-hybridized carbons (Fsp3) is 0.348. The molecular weight excluding hydrogens is 432 g/mol. The van der Waals surface area contributed by atoms with Crippen LogP contribution in [0.1, 0.15) is 32.1 Å². The molecule has 1 atom stereocenters. The summed E-state index contributed by atoms with van der Waals surface area (Å²) < 4.78 is 26.6. The van der Waals surface area contributed by atoms with Crippen molar-refractivity contribution in [3.63, 3.8) is 0 Å². The molecule has 0 fully saturated rings. The van der Waals surface area contributed by atoms with Gasteiger partial charge in [0.25, 0.3) is 0 Å². The van der Waals surface area contributed by atoms with Crippen molar-refractivity contribution < 1.29 is 37.7 Å². The molecule has 2 amide bonds. The minimum absolute atomic E-state index is 0.0248. The van der Waals surface area contributed by atoms with Crippen molar-refractivity contribution in [2.75, 3.05) is 26.4 Å². The standard InChI is InChI=1S/C23H26N2O8/c1-3-29-15-7-9-16(10-8-15)31-13-11-19(26)33-14-17-20(22(27)30-4-2)21(25-23(28)24-17)18-6-5-12-32-18/h5-10,12,21H,3-4,11,13-14H2,1-2H3,(H2,24,25,28). The lowest BCUT2D eigenvalue weighted by Gasteiger charge is -2.27. The van der Waals surface area contributed by atoms with Crippen molar-refractivity contribution in [1.29, 1.82) is 0 Å². The molecule has 1 aromatic carbocycles. The number of rotatable bonds is 11. The van der Waals surface area contributed by atoms with E-state index in [2.05, 4.69) is 10.6 Å². The highest BCUT2D eigenvalue weighted by molar-refractivity contribution is 5.95. The largest absolute Gasteiger partial charge is 0.494 e. The van der Waals surface area contributed by atoms with Crippen LogP contribution in [0.5, 0.6) is 11.5 Å². The van der Waals surface area contributed by atoms with Gasteiger partial charge in [-0.1, -0.05) is 0 Å². The molecule has 176 valence electrons. The van der Waals surface area contributed by atoms with Gasteiger partial charge in [0.05, 0.1) is 43.8 Å². The third kappa shape index (κ3) is 6.52. The number of furan rings is 1. The molecular formula is C23H26N2O8. The SMILES string of the molecule is CCOC(=O)C1=C(COC(=O)CCOc2ccc(OCC)cc2)NC(=O)NC1c1ccco1. The van der Waals surface area contributed by atoms with Crippen LogP contribution in [0.4, 0.5) is 4.79 Å². The summed E-state index contributed by atoms with van der Waals surface area (Å²) in [5.41, 5.74) is 0.226. The predicted molar refractivity (Wildman–Crippen MR) is 115 cm³/mol. The Kier molecular flexibility index (Phi) is 8.34. The van der Waals surface area contributed by atoms with E-state index >= 15 is 0 Å². The fourth-order valence-electron chi connectivity index (χ4n) is 3.13. The summed E-state index contributed by atoms with van der Waals surface area (Å²) in [7, 11) is 0. The third-order valence-corrected chi connectivity index (χ3v) is 4.56. The van der Waals surface area contributed by atoms with Gasteiger partial charge in [0.15, 0.2) is 0 Å². The highest BCUT2D eigenvalue weighted by Crippen LogP contribution is 2.28. The Hall–Kier alpha value is -3.95. The summed E-state index contributed by atoms with van der Waals surface area (Å²) in [6.07, 6.45) is 1.40. The Bertz CT molecular complexity index is 982. The molecule has 10 nitrogen and oxygen atoms in total. The first kappa shape index (κ1) is 23.7. The molecule has 33 heavy (non-hydrogen) atoms. The number of esters is 2. The second-order valence-corrected chi connectivity index (χ2v) is 6.82. The van der Waals surface area contributed by atoms with E-state index in [-0.39, 0.29) is 37.5 Å². The number of nitrogens with one attached hydrogen (secondary N) is 2. The summed E-state index contributed by atoms with van der Waals surface area (Å²) >= 11 is 0. The second-order valence-electron chi connectivity index (χ2n) is 6.82. The van der Waals surface area contributed by atoms with Gasteiger partial charge in [-0.3, -0.25) is 4.79 Å². The number of hydrogen-bond acceptors (Lipinski definition) is 8. The number of carbonyl (C=O) groups excluding carboxylic acids is 3. The Morgan fingerprint density at radius 2 is 1.73 bits per heavy atom.